The molecule has 2 aliphatic rings. The van der Waals surface area contributed by atoms with Gasteiger partial charge in [0.05, 0.1) is 16.5 Å². The Morgan fingerprint density at radius 2 is 1.66 bits per heavy atom. The lowest BCUT2D eigenvalue weighted by molar-refractivity contribution is 0.0787. The zero-order valence-electron chi connectivity index (χ0n) is 23.3. The number of nitrogens with zero attached hydrogens (tertiary/aromatic N) is 2. The number of hydrogen-bond acceptors (Lipinski definition) is 6. The van der Waals surface area contributed by atoms with Crippen molar-refractivity contribution in [1.29, 1.82) is 5.26 Å². The highest BCUT2D eigenvalue weighted by Crippen LogP contribution is 2.29. The highest BCUT2D eigenvalue weighted by Gasteiger charge is 2.33. The van der Waals surface area contributed by atoms with E-state index in [1.807, 2.05) is 60.4 Å². The van der Waals surface area contributed by atoms with Crippen LogP contribution in [-0.4, -0.2) is 49.1 Å². The fourth-order valence-electron chi connectivity index (χ4n) is 5.44. The molecule has 8 nitrogen and oxygen atoms in total. The molecule has 0 aromatic heterocycles. The molecule has 0 unspecified atom stereocenters. The van der Waals surface area contributed by atoms with Crippen LogP contribution in [0, 0.1) is 24.2 Å². The van der Waals surface area contributed by atoms with E-state index in [-0.39, 0.29) is 11.0 Å². The summed E-state index contributed by atoms with van der Waals surface area (Å²) in [5, 5.41) is 12.9. The summed E-state index contributed by atoms with van der Waals surface area (Å²) in [6.07, 6.45) is 5.17. The van der Waals surface area contributed by atoms with E-state index < -0.39 is 10.1 Å². The summed E-state index contributed by atoms with van der Waals surface area (Å²) in [5.41, 5.74) is 3.93. The number of benzene rings is 3. The summed E-state index contributed by atoms with van der Waals surface area (Å²) in [5.74, 6) is 0.610. The number of aryl methyl sites for hydroxylation is 1. The lowest BCUT2D eigenvalue weighted by Crippen LogP contribution is -2.44. The molecule has 41 heavy (non-hydrogen) atoms. The Morgan fingerprint density at radius 1 is 0.976 bits per heavy atom. The van der Waals surface area contributed by atoms with Crippen LogP contribution in [0.4, 0.5) is 4.79 Å². The molecule has 1 amide bonds. The number of nitriles is 1. The van der Waals surface area contributed by atoms with Gasteiger partial charge < -0.3 is 15.0 Å². The first-order chi connectivity index (χ1) is 19.7. The van der Waals surface area contributed by atoms with Gasteiger partial charge in [-0.1, -0.05) is 60.2 Å². The molecule has 2 saturated heterocycles. The van der Waals surface area contributed by atoms with Crippen LogP contribution in [-0.2, 0) is 27.9 Å². The number of amides is 1. The highest BCUT2D eigenvalue weighted by atomic mass is 32.2. The van der Waals surface area contributed by atoms with Gasteiger partial charge in [0.2, 0.25) is 0 Å². The molecule has 216 valence electrons. The number of rotatable bonds is 6. The number of ether oxygens (including phenoxy) is 1. The maximum absolute atomic E-state index is 12.4. The highest BCUT2D eigenvalue weighted by molar-refractivity contribution is 7.85. The molecule has 2 aliphatic heterocycles. The topological polar surface area (TPSA) is 120 Å². The average molecular weight is 576 g/mol. The molecule has 9 heteroatoms. The fourth-order valence-corrected chi connectivity index (χ4v) is 5.92. The van der Waals surface area contributed by atoms with Crippen molar-refractivity contribution in [3.63, 3.8) is 0 Å². The Bertz CT molecular complexity index is 1430. The predicted molar refractivity (Wildman–Crippen MR) is 157 cm³/mol. The van der Waals surface area contributed by atoms with Gasteiger partial charge in [0.1, 0.15) is 6.61 Å². The minimum absolute atomic E-state index is 0.0666. The van der Waals surface area contributed by atoms with E-state index in [2.05, 4.69) is 17.5 Å². The van der Waals surface area contributed by atoms with Gasteiger partial charge in [-0.05, 0) is 80.3 Å². The molecular weight excluding hydrogens is 538 g/mol. The van der Waals surface area contributed by atoms with E-state index in [0.29, 0.717) is 24.6 Å². The van der Waals surface area contributed by atoms with E-state index in [0.717, 1.165) is 49.0 Å². The van der Waals surface area contributed by atoms with Gasteiger partial charge in [-0.2, -0.15) is 13.7 Å². The third-order valence-electron chi connectivity index (χ3n) is 7.70. The first-order valence-corrected chi connectivity index (χ1v) is 15.4. The monoisotopic (exact) mass is 575 g/mol. The molecule has 0 bridgehead atoms. The van der Waals surface area contributed by atoms with Gasteiger partial charge in [0, 0.05) is 25.2 Å². The van der Waals surface area contributed by atoms with Crippen LogP contribution in [0.25, 0.3) is 0 Å². The van der Waals surface area contributed by atoms with Crippen molar-refractivity contribution in [3.8, 4) is 6.07 Å². The zero-order valence-corrected chi connectivity index (χ0v) is 24.1. The van der Waals surface area contributed by atoms with Crippen LogP contribution >= 0.6 is 0 Å². The fraction of sp³-hybridized carbons (Fsp3) is 0.375. The average Bonchev–Trinajstić information content (AvgIpc) is 3.45. The van der Waals surface area contributed by atoms with Crippen molar-refractivity contribution in [2.45, 2.75) is 62.6 Å². The van der Waals surface area contributed by atoms with Gasteiger partial charge >= 0.3 is 6.09 Å². The Labute approximate surface area is 242 Å². The molecule has 3 aromatic carbocycles. The molecule has 0 saturated carbocycles. The number of carbonyl (C=O) groups excluding carboxylic acids is 1. The number of likely N-dealkylation sites (tertiary alicyclic amines) is 1. The maximum Gasteiger partial charge on any atom is 0.410 e. The number of hydrogen-bond donors (Lipinski definition) is 2. The van der Waals surface area contributed by atoms with Gasteiger partial charge in [0.15, 0.2) is 0 Å². The lowest BCUT2D eigenvalue weighted by atomic mass is 9.89. The van der Waals surface area contributed by atoms with Crippen LogP contribution in [0.5, 0.6) is 0 Å². The van der Waals surface area contributed by atoms with E-state index in [1.165, 1.54) is 30.5 Å². The number of carbonyl (C=O) groups is 1. The first-order valence-electron chi connectivity index (χ1n) is 14.0. The molecule has 5 rings (SSSR count). The van der Waals surface area contributed by atoms with E-state index >= 15 is 0 Å². The van der Waals surface area contributed by atoms with E-state index in [4.69, 9.17) is 14.6 Å². The van der Waals surface area contributed by atoms with E-state index in [1.54, 1.807) is 12.1 Å². The Hall–Kier alpha value is -3.71. The van der Waals surface area contributed by atoms with Crippen molar-refractivity contribution in [2.24, 2.45) is 5.92 Å². The molecule has 3 aromatic rings. The zero-order chi connectivity index (χ0) is 29.2. The largest absolute Gasteiger partial charge is 0.445 e. The summed E-state index contributed by atoms with van der Waals surface area (Å²) in [4.78, 5) is 14.2. The minimum Gasteiger partial charge on any atom is -0.445 e. The molecule has 2 N–H and O–H groups in total. The van der Waals surface area contributed by atoms with Crippen LogP contribution in [0.2, 0.25) is 0 Å². The van der Waals surface area contributed by atoms with Crippen LogP contribution in [0.3, 0.4) is 0 Å². The van der Waals surface area contributed by atoms with Gasteiger partial charge in [-0.3, -0.25) is 4.55 Å². The quantitative estimate of drug-likeness (QED) is 0.372. The SMILES string of the molecule is Cc1ccc(S(=O)(=O)O)cc1.N#Cc1cccc(C[C@H]2CC[C@@H](C3CCN(C(=O)OCc4ccccc4)CC3)N2)c1. The molecular formula is C32H37N3O5S. The molecule has 2 heterocycles. The molecule has 2 fully saturated rings. The second kappa shape index (κ2) is 14.3. The summed E-state index contributed by atoms with van der Waals surface area (Å²) in [6.45, 7) is 3.71. The van der Waals surface area contributed by atoms with E-state index in [9.17, 15) is 13.2 Å². The summed E-state index contributed by atoms with van der Waals surface area (Å²) < 4.78 is 35.0. The van der Waals surface area contributed by atoms with Crippen molar-refractivity contribution in [1.82, 2.24) is 10.2 Å². The molecule has 0 aliphatic carbocycles. The smallest absolute Gasteiger partial charge is 0.410 e. The first kappa shape index (κ1) is 30.3. The third-order valence-corrected chi connectivity index (χ3v) is 8.57. The minimum atomic E-state index is -4.02. The third kappa shape index (κ3) is 9.15. The van der Waals surface area contributed by atoms with Crippen molar-refractivity contribution in [3.05, 3.63) is 101 Å². The standard InChI is InChI=1S/C25H29N3O2.C7H8O3S/c26-17-21-8-4-7-20(15-21)16-23-9-10-24(27-23)22-11-13-28(14-12-22)25(29)30-18-19-5-2-1-3-6-19;1-6-2-4-7(5-3-6)11(8,9)10/h1-8,15,22-24,27H,9-14,16,18H2;2-5H,1H3,(H,8,9,10)/t23-,24+;/m1./s1. The lowest BCUT2D eigenvalue weighted by Gasteiger charge is -2.34. The summed E-state index contributed by atoms with van der Waals surface area (Å²) in [7, 11) is -4.02. The number of nitrogens with one attached hydrogen (secondary N) is 1. The maximum atomic E-state index is 12.4. The molecule has 0 spiro atoms. The number of piperidine rings is 1. The Kier molecular flexibility index (Phi) is 10.5. The van der Waals surface area contributed by atoms with Crippen LogP contribution in [0.1, 0.15) is 47.9 Å². The van der Waals surface area contributed by atoms with Gasteiger partial charge in [-0.25, -0.2) is 4.79 Å². The second-order valence-corrected chi connectivity index (χ2v) is 12.1. The Balaban J connectivity index is 0.000000296. The van der Waals surface area contributed by atoms with Crippen LogP contribution < -0.4 is 5.32 Å². The molecule has 2 atom stereocenters. The van der Waals surface area contributed by atoms with Crippen molar-refractivity contribution >= 4 is 16.2 Å². The van der Waals surface area contributed by atoms with Crippen LogP contribution in [0.15, 0.2) is 83.8 Å². The van der Waals surface area contributed by atoms with Crippen molar-refractivity contribution in [2.75, 3.05) is 13.1 Å². The Morgan fingerprint density at radius 3 is 2.32 bits per heavy atom. The normalized spacial score (nSPS) is 19.1. The molecule has 0 radical (unpaired) electrons. The predicted octanol–water partition coefficient (Wildman–Crippen LogP) is 5.51. The summed E-state index contributed by atoms with van der Waals surface area (Å²) in [6, 6.07) is 26.9. The van der Waals surface area contributed by atoms with Gasteiger partial charge in [0.25, 0.3) is 10.1 Å². The second-order valence-electron chi connectivity index (χ2n) is 10.7. The summed E-state index contributed by atoms with van der Waals surface area (Å²) >= 11 is 0. The van der Waals surface area contributed by atoms with Crippen molar-refractivity contribution < 1.29 is 22.5 Å². The van der Waals surface area contributed by atoms with Gasteiger partial charge in [-0.15, -0.1) is 0 Å².